The maximum absolute atomic E-state index is 12.9. The zero-order valence-corrected chi connectivity index (χ0v) is 19.9. The first-order valence-corrected chi connectivity index (χ1v) is 12.1. The van der Waals surface area contributed by atoms with E-state index < -0.39 is 11.2 Å². The number of benzene rings is 2. The number of amides is 1. The lowest BCUT2D eigenvalue weighted by atomic mass is 9.84. The van der Waals surface area contributed by atoms with Crippen molar-refractivity contribution in [1.82, 2.24) is 9.88 Å². The molecule has 7 heteroatoms. The second-order valence-corrected chi connectivity index (χ2v) is 10.3. The number of fused-ring (bicyclic) bond motifs is 1. The molecule has 2 aromatic carbocycles. The average Bonchev–Trinajstić information content (AvgIpc) is 2.81. The summed E-state index contributed by atoms with van der Waals surface area (Å²) in [7, 11) is 0. The zero-order chi connectivity index (χ0) is 23.5. The minimum absolute atomic E-state index is 0.0167. The molecule has 0 radical (unpaired) electrons. The number of likely N-dealkylation sites (tertiary alicyclic amines) is 1. The number of hydrogen-bond acceptors (Lipinski definition) is 6. The van der Waals surface area contributed by atoms with E-state index in [0.29, 0.717) is 44.3 Å². The van der Waals surface area contributed by atoms with Gasteiger partial charge in [-0.05, 0) is 87.9 Å². The van der Waals surface area contributed by atoms with Gasteiger partial charge in [0.25, 0.3) is 5.91 Å². The van der Waals surface area contributed by atoms with E-state index in [1.165, 1.54) is 11.9 Å². The van der Waals surface area contributed by atoms with Crippen LogP contribution >= 0.6 is 11.9 Å². The second kappa shape index (κ2) is 9.71. The molecule has 0 unspecified atom stereocenters. The number of carbonyl (C=O) groups excluding carboxylic acids is 1. The quantitative estimate of drug-likeness (QED) is 0.432. The van der Waals surface area contributed by atoms with Gasteiger partial charge in [-0.15, -0.1) is 0 Å². The highest BCUT2D eigenvalue weighted by molar-refractivity contribution is 8.00. The number of nitrogens with zero attached hydrogens (tertiary/aromatic N) is 2. The van der Waals surface area contributed by atoms with E-state index in [-0.39, 0.29) is 5.91 Å². The van der Waals surface area contributed by atoms with Gasteiger partial charge in [-0.1, -0.05) is 18.2 Å². The molecule has 3 aromatic rings. The largest absolute Gasteiger partial charge is 0.390 e. The van der Waals surface area contributed by atoms with Crippen LogP contribution in [0, 0.1) is 0 Å². The standard InChI is InChI=1S/C26H31N3O3S/c1-25(2,31)12-13-26(32)14-17-29(18-15-26)24(30)20-8-10-21(11-9-20)28-33-22-7-3-5-19-6-4-16-27-23(19)22/h3-11,16,28,31-32H,12-15,17-18H2,1-2H3. The number of piperidine rings is 1. The monoisotopic (exact) mass is 465 g/mol. The molecule has 1 amide bonds. The van der Waals surface area contributed by atoms with Crippen molar-refractivity contribution in [2.75, 3.05) is 17.8 Å². The number of aromatic nitrogens is 1. The molecule has 1 aliphatic heterocycles. The first-order valence-electron chi connectivity index (χ1n) is 11.3. The molecule has 0 atom stereocenters. The Bertz CT molecular complexity index is 1100. The highest BCUT2D eigenvalue weighted by Crippen LogP contribution is 2.31. The van der Waals surface area contributed by atoms with Gasteiger partial charge in [-0.2, -0.15) is 0 Å². The zero-order valence-electron chi connectivity index (χ0n) is 19.1. The summed E-state index contributed by atoms with van der Waals surface area (Å²) in [6, 6.07) is 17.5. The summed E-state index contributed by atoms with van der Waals surface area (Å²) in [5, 5.41) is 21.8. The fraction of sp³-hybridized carbons (Fsp3) is 0.385. The van der Waals surface area contributed by atoms with Crippen molar-refractivity contribution >= 4 is 34.4 Å². The van der Waals surface area contributed by atoms with Crippen LogP contribution in [0.5, 0.6) is 0 Å². The summed E-state index contributed by atoms with van der Waals surface area (Å²) in [4.78, 5) is 20.3. The smallest absolute Gasteiger partial charge is 0.253 e. The Morgan fingerprint density at radius 3 is 2.52 bits per heavy atom. The first-order chi connectivity index (χ1) is 15.7. The van der Waals surface area contributed by atoms with E-state index >= 15 is 0 Å². The van der Waals surface area contributed by atoms with Crippen molar-refractivity contribution in [2.24, 2.45) is 0 Å². The molecule has 1 aromatic heterocycles. The Kier molecular flexibility index (Phi) is 6.93. The van der Waals surface area contributed by atoms with E-state index in [2.05, 4.69) is 9.71 Å². The molecular formula is C26H31N3O3S. The predicted octanol–water partition coefficient (Wildman–Crippen LogP) is 4.87. The lowest BCUT2D eigenvalue weighted by molar-refractivity contribution is -0.0421. The maximum atomic E-state index is 12.9. The molecule has 6 nitrogen and oxygen atoms in total. The van der Waals surface area contributed by atoms with Gasteiger partial charge in [0, 0.05) is 35.9 Å². The van der Waals surface area contributed by atoms with Crippen molar-refractivity contribution in [2.45, 2.75) is 55.6 Å². The predicted molar refractivity (Wildman–Crippen MR) is 133 cm³/mol. The summed E-state index contributed by atoms with van der Waals surface area (Å²) >= 11 is 1.50. The SMILES string of the molecule is CC(C)(O)CCC1(O)CCN(C(=O)c2ccc(NSc3cccc4cccnc34)cc2)CC1. The second-order valence-electron chi connectivity index (χ2n) is 9.44. The van der Waals surface area contributed by atoms with Crippen LogP contribution in [0.15, 0.2) is 65.7 Å². The maximum Gasteiger partial charge on any atom is 0.253 e. The third-order valence-electron chi connectivity index (χ3n) is 6.19. The lowest BCUT2D eigenvalue weighted by Crippen LogP contribution is -2.47. The number of hydrogen-bond donors (Lipinski definition) is 3. The summed E-state index contributed by atoms with van der Waals surface area (Å²) in [5.74, 6) is -0.0167. The first kappa shape index (κ1) is 23.5. The van der Waals surface area contributed by atoms with Gasteiger partial charge in [0.15, 0.2) is 0 Å². The molecule has 0 saturated carbocycles. The Balaban J connectivity index is 1.32. The van der Waals surface area contributed by atoms with E-state index in [1.807, 2.05) is 54.6 Å². The minimum Gasteiger partial charge on any atom is -0.390 e. The van der Waals surface area contributed by atoms with Gasteiger partial charge in [0.05, 0.1) is 21.6 Å². The normalized spacial score (nSPS) is 16.1. The molecule has 1 saturated heterocycles. The third kappa shape index (κ3) is 6.05. The fourth-order valence-electron chi connectivity index (χ4n) is 4.05. The van der Waals surface area contributed by atoms with E-state index in [4.69, 9.17) is 0 Å². The van der Waals surface area contributed by atoms with E-state index in [0.717, 1.165) is 21.5 Å². The Labute approximate surface area is 199 Å². The Hall–Kier alpha value is -2.61. The van der Waals surface area contributed by atoms with Crippen LogP contribution in [0.1, 0.15) is 49.9 Å². The third-order valence-corrected chi connectivity index (χ3v) is 7.08. The van der Waals surface area contributed by atoms with Crippen molar-refractivity contribution < 1.29 is 15.0 Å². The van der Waals surface area contributed by atoms with Crippen molar-refractivity contribution in [3.8, 4) is 0 Å². The van der Waals surface area contributed by atoms with E-state index in [1.54, 1.807) is 24.9 Å². The van der Waals surface area contributed by atoms with Gasteiger partial charge in [0.2, 0.25) is 0 Å². The molecule has 0 aliphatic carbocycles. The molecular weight excluding hydrogens is 434 g/mol. The molecule has 1 fully saturated rings. The summed E-state index contributed by atoms with van der Waals surface area (Å²) in [6.45, 7) is 4.55. The van der Waals surface area contributed by atoms with Crippen LogP contribution in [-0.2, 0) is 0 Å². The topological polar surface area (TPSA) is 85.7 Å². The van der Waals surface area contributed by atoms with Gasteiger partial charge in [-0.25, -0.2) is 0 Å². The van der Waals surface area contributed by atoms with Crippen molar-refractivity contribution in [3.63, 3.8) is 0 Å². The Morgan fingerprint density at radius 2 is 1.82 bits per heavy atom. The highest BCUT2D eigenvalue weighted by atomic mass is 32.2. The number of rotatable bonds is 7. The number of carbonyl (C=O) groups is 1. The summed E-state index contributed by atoms with van der Waals surface area (Å²) < 4.78 is 3.33. The van der Waals surface area contributed by atoms with Crippen LogP contribution in [-0.4, -0.2) is 50.3 Å². The molecule has 0 bridgehead atoms. The van der Waals surface area contributed by atoms with Gasteiger partial charge in [-0.3, -0.25) is 9.78 Å². The molecule has 0 spiro atoms. The van der Waals surface area contributed by atoms with Gasteiger partial charge < -0.3 is 19.8 Å². The molecule has 3 N–H and O–H groups in total. The van der Waals surface area contributed by atoms with Crippen LogP contribution in [0.4, 0.5) is 5.69 Å². The van der Waals surface area contributed by atoms with Crippen LogP contribution in [0.3, 0.4) is 0 Å². The van der Waals surface area contributed by atoms with Crippen LogP contribution in [0.2, 0.25) is 0 Å². The highest BCUT2D eigenvalue weighted by Gasteiger charge is 2.35. The number of anilines is 1. The minimum atomic E-state index is -0.807. The number of para-hydroxylation sites is 1. The number of aliphatic hydroxyl groups is 2. The lowest BCUT2D eigenvalue weighted by Gasteiger charge is -2.39. The summed E-state index contributed by atoms with van der Waals surface area (Å²) in [6.07, 6.45) is 3.94. The van der Waals surface area contributed by atoms with Crippen molar-refractivity contribution in [1.29, 1.82) is 0 Å². The van der Waals surface area contributed by atoms with Crippen LogP contribution < -0.4 is 4.72 Å². The average molecular weight is 466 g/mol. The summed E-state index contributed by atoms with van der Waals surface area (Å²) in [5.41, 5.74) is 0.902. The molecule has 1 aliphatic rings. The van der Waals surface area contributed by atoms with Crippen LogP contribution in [0.25, 0.3) is 10.9 Å². The van der Waals surface area contributed by atoms with Gasteiger partial charge in [0.1, 0.15) is 0 Å². The number of nitrogens with one attached hydrogen (secondary N) is 1. The molecule has 33 heavy (non-hydrogen) atoms. The molecule has 2 heterocycles. The fourth-order valence-corrected chi connectivity index (χ4v) is 4.83. The van der Waals surface area contributed by atoms with E-state index in [9.17, 15) is 15.0 Å². The number of pyridine rings is 1. The van der Waals surface area contributed by atoms with Gasteiger partial charge >= 0.3 is 0 Å². The van der Waals surface area contributed by atoms with Crippen molar-refractivity contribution in [3.05, 3.63) is 66.4 Å². The molecule has 174 valence electrons. The Morgan fingerprint density at radius 1 is 1.12 bits per heavy atom. The molecule has 4 rings (SSSR count).